The highest BCUT2D eigenvalue weighted by molar-refractivity contribution is 5.78. The summed E-state index contributed by atoms with van der Waals surface area (Å²) in [6.07, 6.45) is 0.0552. The van der Waals surface area contributed by atoms with Crippen LogP contribution in [-0.2, 0) is 9.53 Å². The lowest BCUT2D eigenvalue weighted by Gasteiger charge is -2.20. The molecule has 2 atom stereocenters. The maximum atomic E-state index is 12.1. The molecule has 1 saturated heterocycles. The summed E-state index contributed by atoms with van der Waals surface area (Å²) < 4.78 is 11.3. The Morgan fingerprint density at radius 2 is 2.14 bits per heavy atom. The number of rotatable bonds is 6. The third-order valence-corrected chi connectivity index (χ3v) is 4.09. The molecule has 0 aromatic heterocycles. The molecule has 0 saturated carbocycles. The number of likely N-dealkylation sites (N-methyl/N-ethyl adjacent to an activating group) is 1. The van der Waals surface area contributed by atoms with Gasteiger partial charge in [0.1, 0.15) is 5.75 Å². The highest BCUT2D eigenvalue weighted by Gasteiger charge is 2.32. The van der Waals surface area contributed by atoms with Crippen LogP contribution < -0.4 is 10.1 Å². The van der Waals surface area contributed by atoms with Crippen molar-refractivity contribution in [2.75, 3.05) is 33.4 Å². The number of amides is 1. The number of ether oxygens (including phenoxy) is 2. The minimum absolute atomic E-state index is 0.0275. The summed E-state index contributed by atoms with van der Waals surface area (Å²) in [5.41, 5.74) is 2.23. The van der Waals surface area contributed by atoms with Gasteiger partial charge in [0, 0.05) is 19.7 Å². The van der Waals surface area contributed by atoms with Crippen molar-refractivity contribution >= 4 is 5.91 Å². The highest BCUT2D eigenvalue weighted by Crippen LogP contribution is 2.20. The van der Waals surface area contributed by atoms with E-state index in [4.69, 9.17) is 9.47 Å². The molecule has 0 bridgehead atoms. The van der Waals surface area contributed by atoms with E-state index in [-0.39, 0.29) is 24.7 Å². The summed E-state index contributed by atoms with van der Waals surface area (Å²) in [7, 11) is 2.03. The maximum absolute atomic E-state index is 12.1. The number of likely N-dealkylation sites (tertiary alicyclic amines) is 1. The fraction of sp³-hybridized carbons (Fsp3) is 0.588. The third kappa shape index (κ3) is 4.21. The number of nitrogens with zero attached hydrogens (tertiary/aromatic N) is 1. The molecule has 1 amide bonds. The van der Waals surface area contributed by atoms with Gasteiger partial charge in [-0.15, -0.1) is 0 Å². The number of carbonyl (C=O) groups excluding carboxylic acids is 1. The van der Waals surface area contributed by atoms with Gasteiger partial charge < -0.3 is 19.7 Å². The van der Waals surface area contributed by atoms with E-state index in [0.29, 0.717) is 6.61 Å². The van der Waals surface area contributed by atoms with Gasteiger partial charge in [0.15, 0.2) is 6.61 Å². The van der Waals surface area contributed by atoms with E-state index in [1.807, 2.05) is 46.0 Å². The molecule has 1 aliphatic heterocycles. The standard InChI is InChI=1S/C17H26N2O3/c1-5-21-16-10-19(4)9-14(16)18-17(20)11-22-15-8-6-7-12(2)13(15)3/h6-8,14,16H,5,9-11H2,1-4H3,(H,18,20)/t14-,16-/m1/s1. The largest absolute Gasteiger partial charge is 0.483 e. The van der Waals surface area contributed by atoms with E-state index in [0.717, 1.165) is 30.0 Å². The Morgan fingerprint density at radius 3 is 2.86 bits per heavy atom. The molecule has 1 fully saturated rings. The Morgan fingerprint density at radius 1 is 1.36 bits per heavy atom. The summed E-state index contributed by atoms with van der Waals surface area (Å²) >= 11 is 0. The molecule has 0 spiro atoms. The maximum Gasteiger partial charge on any atom is 0.258 e. The fourth-order valence-electron chi connectivity index (χ4n) is 2.76. The molecule has 1 aromatic rings. The van der Waals surface area contributed by atoms with Crippen LogP contribution in [0.15, 0.2) is 18.2 Å². The number of nitrogens with one attached hydrogen (secondary N) is 1. The van der Waals surface area contributed by atoms with E-state index in [9.17, 15) is 4.79 Å². The van der Waals surface area contributed by atoms with Crippen LogP contribution in [0, 0.1) is 13.8 Å². The monoisotopic (exact) mass is 306 g/mol. The van der Waals surface area contributed by atoms with Crippen LogP contribution in [0.3, 0.4) is 0 Å². The second-order valence-electron chi connectivity index (χ2n) is 5.88. The van der Waals surface area contributed by atoms with Gasteiger partial charge >= 0.3 is 0 Å². The first-order valence-electron chi connectivity index (χ1n) is 7.79. The van der Waals surface area contributed by atoms with Crippen LogP contribution in [-0.4, -0.2) is 56.3 Å². The van der Waals surface area contributed by atoms with E-state index in [1.54, 1.807) is 0 Å². The Hall–Kier alpha value is -1.59. The first-order chi connectivity index (χ1) is 10.5. The average molecular weight is 306 g/mol. The van der Waals surface area contributed by atoms with Crippen molar-refractivity contribution in [3.8, 4) is 5.75 Å². The van der Waals surface area contributed by atoms with Gasteiger partial charge in [0.05, 0.1) is 12.1 Å². The van der Waals surface area contributed by atoms with Gasteiger partial charge in [-0.2, -0.15) is 0 Å². The van der Waals surface area contributed by atoms with Crippen molar-refractivity contribution in [2.45, 2.75) is 32.9 Å². The molecule has 122 valence electrons. The van der Waals surface area contributed by atoms with E-state index in [2.05, 4.69) is 10.2 Å². The molecule has 22 heavy (non-hydrogen) atoms. The lowest BCUT2D eigenvalue weighted by Crippen LogP contribution is -2.45. The van der Waals surface area contributed by atoms with Crippen molar-refractivity contribution in [3.63, 3.8) is 0 Å². The molecule has 5 heteroatoms. The molecule has 0 radical (unpaired) electrons. The van der Waals surface area contributed by atoms with Gasteiger partial charge in [0.25, 0.3) is 5.91 Å². The Balaban J connectivity index is 1.86. The van der Waals surface area contributed by atoms with Crippen LogP contribution in [0.1, 0.15) is 18.1 Å². The zero-order valence-corrected chi connectivity index (χ0v) is 13.9. The third-order valence-electron chi connectivity index (χ3n) is 4.09. The molecular formula is C17H26N2O3. The number of carbonyl (C=O) groups is 1. The molecule has 0 unspecified atom stereocenters. The quantitative estimate of drug-likeness (QED) is 0.866. The number of hydrogen-bond donors (Lipinski definition) is 1. The number of hydrogen-bond acceptors (Lipinski definition) is 4. The minimum Gasteiger partial charge on any atom is -0.483 e. The molecule has 1 aliphatic rings. The molecule has 1 aromatic carbocycles. The van der Waals surface area contributed by atoms with E-state index >= 15 is 0 Å². The number of aryl methyl sites for hydroxylation is 1. The molecule has 5 nitrogen and oxygen atoms in total. The predicted molar refractivity (Wildman–Crippen MR) is 86.3 cm³/mol. The van der Waals surface area contributed by atoms with Crippen LogP contribution in [0.4, 0.5) is 0 Å². The Kier molecular flexibility index (Phi) is 5.80. The molecule has 1 heterocycles. The van der Waals surface area contributed by atoms with Gasteiger partial charge in [-0.05, 0) is 45.0 Å². The van der Waals surface area contributed by atoms with Crippen molar-refractivity contribution < 1.29 is 14.3 Å². The van der Waals surface area contributed by atoms with Crippen molar-refractivity contribution in [1.29, 1.82) is 0 Å². The van der Waals surface area contributed by atoms with Gasteiger partial charge in [0.2, 0.25) is 0 Å². The topological polar surface area (TPSA) is 50.8 Å². The lowest BCUT2D eigenvalue weighted by molar-refractivity contribution is -0.124. The first kappa shape index (κ1) is 16.8. The van der Waals surface area contributed by atoms with Crippen LogP contribution in [0.2, 0.25) is 0 Å². The van der Waals surface area contributed by atoms with E-state index in [1.165, 1.54) is 0 Å². The summed E-state index contributed by atoms with van der Waals surface area (Å²) in [4.78, 5) is 14.3. The lowest BCUT2D eigenvalue weighted by atomic mass is 10.1. The molecule has 0 aliphatic carbocycles. The Labute approximate surface area is 132 Å². The Bertz CT molecular complexity index is 519. The predicted octanol–water partition coefficient (Wildman–Crippen LogP) is 1.52. The van der Waals surface area contributed by atoms with Crippen LogP contribution in [0.5, 0.6) is 5.75 Å². The summed E-state index contributed by atoms with van der Waals surface area (Å²) in [5, 5.41) is 3.02. The molecular weight excluding hydrogens is 280 g/mol. The van der Waals surface area contributed by atoms with Gasteiger partial charge in [-0.1, -0.05) is 12.1 Å². The van der Waals surface area contributed by atoms with Crippen LogP contribution >= 0.6 is 0 Å². The second-order valence-corrected chi connectivity index (χ2v) is 5.88. The van der Waals surface area contributed by atoms with Crippen molar-refractivity contribution in [3.05, 3.63) is 29.3 Å². The van der Waals surface area contributed by atoms with Gasteiger partial charge in [-0.3, -0.25) is 4.79 Å². The summed E-state index contributed by atoms with van der Waals surface area (Å²) in [5.74, 6) is 0.658. The average Bonchev–Trinajstić information content (AvgIpc) is 2.81. The zero-order chi connectivity index (χ0) is 16.1. The van der Waals surface area contributed by atoms with Gasteiger partial charge in [-0.25, -0.2) is 0 Å². The SMILES string of the molecule is CCO[C@@H]1CN(C)C[C@H]1NC(=O)COc1cccc(C)c1C. The van der Waals surface area contributed by atoms with Crippen LogP contribution in [0.25, 0.3) is 0 Å². The summed E-state index contributed by atoms with van der Waals surface area (Å²) in [6, 6.07) is 5.89. The smallest absolute Gasteiger partial charge is 0.258 e. The molecule has 1 N–H and O–H groups in total. The molecule has 2 rings (SSSR count). The van der Waals surface area contributed by atoms with Crippen molar-refractivity contribution in [1.82, 2.24) is 10.2 Å². The normalized spacial score (nSPS) is 21.8. The first-order valence-corrected chi connectivity index (χ1v) is 7.79. The van der Waals surface area contributed by atoms with Crippen molar-refractivity contribution in [2.24, 2.45) is 0 Å². The van der Waals surface area contributed by atoms with E-state index < -0.39 is 0 Å². The second kappa shape index (κ2) is 7.61. The number of benzene rings is 1. The summed E-state index contributed by atoms with van der Waals surface area (Å²) in [6.45, 7) is 8.34. The zero-order valence-electron chi connectivity index (χ0n) is 13.9. The highest BCUT2D eigenvalue weighted by atomic mass is 16.5. The fourth-order valence-corrected chi connectivity index (χ4v) is 2.76. The minimum atomic E-state index is -0.106.